The smallest absolute Gasteiger partial charge is 0.0541 e. The summed E-state index contributed by atoms with van der Waals surface area (Å²) < 4.78 is 0. The molecule has 0 aliphatic rings. The number of nitrogens with zero attached hydrogens (tertiary/aromatic N) is 2. The molecule has 12 aromatic carbocycles. The van der Waals surface area contributed by atoms with E-state index in [0.29, 0.717) is 0 Å². The standard InChI is InChI=1S/C54H34N2/c1-3-15-43(16-4-1)55(45-31-39-25-21-35-11-9-12-36-22-26-40(32-45)53(39)51(35)36)49-29-30-50(48-20-8-7-19-47(48)49)56(44-17-5-2-6-18-44)46-33-41-27-23-37-13-10-14-38-24-28-42(34-46)54(41)52(37)38/h1-34H. The summed E-state index contributed by atoms with van der Waals surface area (Å²) in [6.07, 6.45) is 0. The van der Waals surface area contributed by atoms with Crippen LogP contribution < -0.4 is 9.80 Å². The molecule has 0 aliphatic carbocycles. The maximum atomic E-state index is 2.43. The molecule has 0 aliphatic heterocycles. The quantitative estimate of drug-likeness (QED) is 0.159. The van der Waals surface area contributed by atoms with Crippen LogP contribution in [0.4, 0.5) is 34.1 Å². The lowest BCUT2D eigenvalue weighted by Crippen LogP contribution is -2.13. The molecule has 0 spiro atoms. The molecule has 0 atom stereocenters. The summed E-state index contributed by atoms with van der Waals surface area (Å²) >= 11 is 0. The van der Waals surface area contributed by atoms with E-state index in [9.17, 15) is 0 Å². The molecule has 0 amide bonds. The van der Waals surface area contributed by atoms with Gasteiger partial charge in [0, 0.05) is 33.5 Å². The van der Waals surface area contributed by atoms with Gasteiger partial charge in [0.1, 0.15) is 0 Å². The van der Waals surface area contributed by atoms with Crippen molar-refractivity contribution in [1.82, 2.24) is 0 Å². The number of hydrogen-bond donors (Lipinski definition) is 0. The second-order valence-corrected chi connectivity index (χ2v) is 14.9. The average Bonchev–Trinajstić information content (AvgIpc) is 3.26. The van der Waals surface area contributed by atoms with Gasteiger partial charge < -0.3 is 9.80 Å². The molecule has 0 fully saturated rings. The third-order valence-electron chi connectivity index (χ3n) is 11.8. The number of benzene rings is 12. The fraction of sp³-hybridized carbons (Fsp3) is 0. The van der Waals surface area contributed by atoms with Gasteiger partial charge in [0.15, 0.2) is 0 Å². The van der Waals surface area contributed by atoms with Gasteiger partial charge in [-0.1, -0.05) is 146 Å². The summed E-state index contributed by atoms with van der Waals surface area (Å²) in [7, 11) is 0. The van der Waals surface area contributed by atoms with Gasteiger partial charge in [-0.3, -0.25) is 0 Å². The van der Waals surface area contributed by atoms with Gasteiger partial charge in [-0.15, -0.1) is 0 Å². The minimum Gasteiger partial charge on any atom is -0.310 e. The Hall–Kier alpha value is -7.42. The zero-order valence-corrected chi connectivity index (χ0v) is 30.5. The van der Waals surface area contributed by atoms with Crippen LogP contribution in [0.25, 0.3) is 75.4 Å². The van der Waals surface area contributed by atoms with Gasteiger partial charge in [0.25, 0.3) is 0 Å². The molecular formula is C54H34N2. The van der Waals surface area contributed by atoms with Crippen LogP contribution in [0.5, 0.6) is 0 Å². The minimum absolute atomic E-state index is 1.12. The van der Waals surface area contributed by atoms with Crippen LogP contribution in [0.3, 0.4) is 0 Å². The molecule has 12 aromatic rings. The summed E-state index contributed by atoms with van der Waals surface area (Å²) in [6.45, 7) is 0. The summed E-state index contributed by atoms with van der Waals surface area (Å²) in [5.41, 5.74) is 6.76. The molecule has 2 heteroatoms. The first-order valence-electron chi connectivity index (χ1n) is 19.3. The third kappa shape index (κ3) is 4.63. The minimum atomic E-state index is 1.12. The van der Waals surface area contributed by atoms with E-state index in [0.717, 1.165) is 34.1 Å². The van der Waals surface area contributed by atoms with Crippen molar-refractivity contribution in [2.24, 2.45) is 0 Å². The van der Waals surface area contributed by atoms with Crippen molar-refractivity contribution in [2.45, 2.75) is 0 Å². The van der Waals surface area contributed by atoms with Crippen molar-refractivity contribution in [2.75, 3.05) is 9.80 Å². The van der Waals surface area contributed by atoms with Crippen LogP contribution in [0.1, 0.15) is 0 Å². The lowest BCUT2D eigenvalue weighted by molar-refractivity contribution is 1.28. The topological polar surface area (TPSA) is 6.48 Å². The van der Waals surface area contributed by atoms with Gasteiger partial charge in [-0.25, -0.2) is 0 Å². The largest absolute Gasteiger partial charge is 0.310 e. The Morgan fingerprint density at radius 2 is 0.518 bits per heavy atom. The predicted molar refractivity (Wildman–Crippen MR) is 241 cm³/mol. The van der Waals surface area contributed by atoms with Gasteiger partial charge in [0.2, 0.25) is 0 Å². The molecular weight excluding hydrogens is 677 g/mol. The molecule has 0 radical (unpaired) electrons. The van der Waals surface area contributed by atoms with Crippen LogP contribution in [-0.2, 0) is 0 Å². The highest BCUT2D eigenvalue weighted by Gasteiger charge is 2.23. The highest BCUT2D eigenvalue weighted by molar-refractivity contribution is 6.25. The zero-order chi connectivity index (χ0) is 36.7. The summed E-state index contributed by atoms with van der Waals surface area (Å²) in [6, 6.07) is 75.9. The molecule has 56 heavy (non-hydrogen) atoms. The van der Waals surface area contributed by atoms with Crippen LogP contribution in [0, 0.1) is 0 Å². The summed E-state index contributed by atoms with van der Waals surface area (Å²) in [5.74, 6) is 0. The van der Waals surface area contributed by atoms with Gasteiger partial charge in [-0.05, 0) is 125 Å². The second-order valence-electron chi connectivity index (χ2n) is 14.9. The normalized spacial score (nSPS) is 11.9. The number of para-hydroxylation sites is 2. The first kappa shape index (κ1) is 31.0. The van der Waals surface area contributed by atoms with Crippen LogP contribution in [-0.4, -0.2) is 0 Å². The van der Waals surface area contributed by atoms with Crippen molar-refractivity contribution < 1.29 is 0 Å². The van der Waals surface area contributed by atoms with Gasteiger partial charge in [-0.2, -0.15) is 0 Å². The van der Waals surface area contributed by atoms with Crippen molar-refractivity contribution in [3.05, 3.63) is 206 Å². The Labute approximate surface area is 324 Å². The monoisotopic (exact) mass is 710 g/mol. The van der Waals surface area contributed by atoms with Gasteiger partial charge >= 0.3 is 0 Å². The molecule has 0 heterocycles. The Morgan fingerprint density at radius 1 is 0.214 bits per heavy atom. The molecule has 2 nitrogen and oxygen atoms in total. The summed E-state index contributed by atoms with van der Waals surface area (Å²) in [5, 5.41) is 17.8. The Bertz CT molecular complexity index is 3070. The lowest BCUT2D eigenvalue weighted by Gasteiger charge is -2.31. The average molecular weight is 711 g/mol. The maximum absolute atomic E-state index is 2.43. The molecule has 12 rings (SSSR count). The number of fused-ring (bicyclic) bond motifs is 1. The van der Waals surface area contributed by atoms with Crippen molar-refractivity contribution in [3.63, 3.8) is 0 Å². The SMILES string of the molecule is c1ccc(N(c2cc3ccc4cccc5ccc(c2)c3c45)c2ccc(N(c3ccccc3)c3cc4ccc5cccc6ccc(c3)c4c56)c3ccccc23)cc1. The van der Waals surface area contributed by atoms with E-state index in [2.05, 4.69) is 216 Å². The third-order valence-corrected chi connectivity index (χ3v) is 11.8. The Morgan fingerprint density at radius 3 is 0.875 bits per heavy atom. The first-order chi connectivity index (χ1) is 27.8. The summed E-state index contributed by atoms with van der Waals surface area (Å²) in [4.78, 5) is 4.86. The maximum Gasteiger partial charge on any atom is 0.0541 e. The molecule has 0 saturated heterocycles. The molecule has 0 unspecified atom stereocenters. The van der Waals surface area contributed by atoms with E-state index < -0.39 is 0 Å². The number of anilines is 6. The van der Waals surface area contributed by atoms with E-state index in [1.807, 2.05) is 0 Å². The Balaban J connectivity index is 1.09. The van der Waals surface area contributed by atoms with E-state index in [1.165, 1.54) is 75.4 Å². The van der Waals surface area contributed by atoms with Crippen LogP contribution in [0.2, 0.25) is 0 Å². The molecule has 0 bridgehead atoms. The van der Waals surface area contributed by atoms with E-state index in [1.54, 1.807) is 0 Å². The highest BCUT2D eigenvalue weighted by atomic mass is 15.2. The second kappa shape index (κ2) is 12.0. The van der Waals surface area contributed by atoms with Gasteiger partial charge in [0.05, 0.1) is 11.4 Å². The molecule has 0 saturated carbocycles. The van der Waals surface area contributed by atoms with Crippen LogP contribution in [0.15, 0.2) is 206 Å². The Kier molecular flexibility index (Phi) is 6.66. The van der Waals surface area contributed by atoms with E-state index in [-0.39, 0.29) is 0 Å². The van der Waals surface area contributed by atoms with E-state index >= 15 is 0 Å². The fourth-order valence-corrected chi connectivity index (χ4v) is 9.40. The lowest BCUT2D eigenvalue weighted by atomic mass is 9.93. The van der Waals surface area contributed by atoms with Crippen molar-refractivity contribution in [1.29, 1.82) is 0 Å². The van der Waals surface area contributed by atoms with Crippen LogP contribution >= 0.6 is 0 Å². The predicted octanol–water partition coefficient (Wildman–Crippen LogP) is 15.6. The zero-order valence-electron chi connectivity index (χ0n) is 30.5. The molecule has 0 aromatic heterocycles. The highest BCUT2D eigenvalue weighted by Crippen LogP contribution is 2.48. The fourth-order valence-electron chi connectivity index (χ4n) is 9.40. The number of hydrogen-bond acceptors (Lipinski definition) is 2. The molecule has 260 valence electrons. The molecule has 0 N–H and O–H groups in total. The van der Waals surface area contributed by atoms with Crippen molar-refractivity contribution in [3.8, 4) is 0 Å². The van der Waals surface area contributed by atoms with Crippen molar-refractivity contribution >= 4 is 110 Å². The van der Waals surface area contributed by atoms with E-state index in [4.69, 9.17) is 0 Å². The first-order valence-corrected chi connectivity index (χ1v) is 19.3. The number of rotatable bonds is 6.